The number of aromatic nitrogens is 4. The summed E-state index contributed by atoms with van der Waals surface area (Å²) in [6, 6.07) is 1.34. The molecule has 0 aliphatic rings. The van der Waals surface area contributed by atoms with Crippen LogP contribution in [0.5, 0.6) is 0 Å². The number of amides is 1. The van der Waals surface area contributed by atoms with Crippen LogP contribution in [0.25, 0.3) is 0 Å². The van der Waals surface area contributed by atoms with Crippen LogP contribution in [0, 0.1) is 0 Å². The fraction of sp³-hybridized carbons (Fsp3) is 0.222. The molecule has 2 rings (SSSR count). The number of nitrogens with one attached hydrogen (secondary N) is 1. The van der Waals surface area contributed by atoms with Gasteiger partial charge in [0.2, 0.25) is 5.13 Å². The summed E-state index contributed by atoms with van der Waals surface area (Å²) >= 11 is 12.7. The molecule has 0 aliphatic heterocycles. The molecule has 2 heterocycles. The lowest BCUT2D eigenvalue weighted by Gasteiger charge is -2.02. The molecule has 2 aromatic heterocycles. The Hall–Kier alpha value is -1.31. The van der Waals surface area contributed by atoms with E-state index >= 15 is 0 Å². The summed E-state index contributed by atoms with van der Waals surface area (Å²) in [5.41, 5.74) is 0.143. The van der Waals surface area contributed by atoms with E-state index in [2.05, 4.69) is 25.7 Å². The van der Waals surface area contributed by atoms with E-state index in [4.69, 9.17) is 23.2 Å². The van der Waals surface area contributed by atoms with Crippen LogP contribution in [-0.2, 0) is 6.42 Å². The van der Waals surface area contributed by atoms with Gasteiger partial charge < -0.3 is 0 Å². The van der Waals surface area contributed by atoms with Gasteiger partial charge in [-0.3, -0.25) is 10.1 Å². The van der Waals surface area contributed by atoms with Crippen molar-refractivity contribution in [3.8, 4) is 0 Å². The van der Waals surface area contributed by atoms with E-state index in [0.29, 0.717) is 5.13 Å². The highest BCUT2D eigenvalue weighted by Gasteiger charge is 2.15. The average Bonchev–Trinajstić information content (AvgIpc) is 2.80. The van der Waals surface area contributed by atoms with Crippen molar-refractivity contribution in [2.24, 2.45) is 0 Å². The fourth-order valence-electron chi connectivity index (χ4n) is 1.12. The molecule has 1 amide bonds. The van der Waals surface area contributed by atoms with Crippen LogP contribution in [0.2, 0.25) is 10.3 Å². The average molecular weight is 304 g/mol. The van der Waals surface area contributed by atoms with E-state index in [9.17, 15) is 4.79 Å². The van der Waals surface area contributed by atoms with Crippen LogP contribution in [0.1, 0.15) is 22.3 Å². The second-order valence-corrected chi connectivity index (χ2v) is 4.99. The van der Waals surface area contributed by atoms with Crippen molar-refractivity contribution in [1.82, 2.24) is 20.4 Å². The summed E-state index contributed by atoms with van der Waals surface area (Å²) < 4.78 is 0. The summed E-state index contributed by atoms with van der Waals surface area (Å²) in [5, 5.41) is 18.7. The zero-order valence-electron chi connectivity index (χ0n) is 9.15. The summed E-state index contributed by atoms with van der Waals surface area (Å²) in [5.74, 6) is -0.449. The van der Waals surface area contributed by atoms with Crippen molar-refractivity contribution in [2.75, 3.05) is 5.32 Å². The SMILES string of the molecule is CCc1nnc(NC(=O)c2cc(Cl)nnc2Cl)s1. The number of carbonyl (C=O) groups excluding carboxylic acids is 1. The Morgan fingerprint density at radius 3 is 2.78 bits per heavy atom. The molecule has 9 heteroatoms. The van der Waals surface area contributed by atoms with Crippen molar-refractivity contribution < 1.29 is 4.79 Å². The van der Waals surface area contributed by atoms with Gasteiger partial charge >= 0.3 is 0 Å². The molecule has 0 spiro atoms. The standard InChI is InChI=1S/C9H7Cl2N5OS/c1-2-6-14-16-9(18-6)12-8(17)4-3-5(10)13-15-7(4)11/h3H,2H2,1H3,(H,12,16,17). The number of rotatable bonds is 3. The van der Waals surface area contributed by atoms with Gasteiger partial charge in [-0.25, -0.2) is 0 Å². The van der Waals surface area contributed by atoms with Crippen LogP contribution in [-0.4, -0.2) is 26.3 Å². The van der Waals surface area contributed by atoms with Crippen molar-refractivity contribution in [3.05, 3.63) is 26.9 Å². The zero-order valence-corrected chi connectivity index (χ0v) is 11.5. The Bertz CT molecular complexity index is 588. The highest BCUT2D eigenvalue weighted by molar-refractivity contribution is 7.15. The highest BCUT2D eigenvalue weighted by atomic mass is 35.5. The van der Waals surface area contributed by atoms with Crippen molar-refractivity contribution in [2.45, 2.75) is 13.3 Å². The van der Waals surface area contributed by atoms with E-state index in [-0.39, 0.29) is 15.9 Å². The zero-order chi connectivity index (χ0) is 13.1. The van der Waals surface area contributed by atoms with Crippen molar-refractivity contribution in [3.63, 3.8) is 0 Å². The summed E-state index contributed by atoms with van der Waals surface area (Å²) in [7, 11) is 0. The van der Waals surface area contributed by atoms with E-state index in [1.807, 2.05) is 6.92 Å². The Morgan fingerprint density at radius 1 is 1.33 bits per heavy atom. The van der Waals surface area contributed by atoms with Gasteiger partial charge in [-0.15, -0.1) is 20.4 Å². The first-order valence-corrected chi connectivity index (χ1v) is 6.50. The molecule has 0 saturated carbocycles. The summed E-state index contributed by atoms with van der Waals surface area (Å²) in [6.07, 6.45) is 0.761. The van der Waals surface area contributed by atoms with Crippen LogP contribution >= 0.6 is 34.5 Å². The normalized spacial score (nSPS) is 10.4. The van der Waals surface area contributed by atoms with Gasteiger partial charge in [0.05, 0.1) is 5.56 Å². The van der Waals surface area contributed by atoms with Crippen molar-refractivity contribution >= 4 is 45.6 Å². The van der Waals surface area contributed by atoms with Crippen LogP contribution < -0.4 is 5.32 Å². The molecule has 0 aromatic carbocycles. The van der Waals surface area contributed by atoms with Gasteiger partial charge in [0.15, 0.2) is 10.3 Å². The summed E-state index contributed by atoms with van der Waals surface area (Å²) in [6.45, 7) is 1.95. The molecule has 2 aromatic rings. The van der Waals surface area contributed by atoms with Crippen molar-refractivity contribution in [1.29, 1.82) is 0 Å². The Morgan fingerprint density at radius 2 is 2.11 bits per heavy atom. The lowest BCUT2D eigenvalue weighted by atomic mass is 10.3. The number of hydrogen-bond donors (Lipinski definition) is 1. The van der Waals surface area contributed by atoms with E-state index in [1.54, 1.807) is 0 Å². The first-order chi connectivity index (χ1) is 8.60. The number of anilines is 1. The second-order valence-electron chi connectivity index (χ2n) is 3.18. The van der Waals surface area contributed by atoms with Crippen LogP contribution in [0.15, 0.2) is 6.07 Å². The maximum Gasteiger partial charge on any atom is 0.260 e. The smallest absolute Gasteiger partial charge is 0.260 e. The van der Waals surface area contributed by atoms with Gasteiger partial charge in [0.1, 0.15) is 5.01 Å². The minimum absolute atomic E-state index is 0.0165. The molecule has 0 aliphatic carbocycles. The molecule has 0 radical (unpaired) electrons. The predicted octanol–water partition coefficient (Wildman–Crippen LogP) is 2.45. The second kappa shape index (κ2) is 5.55. The highest BCUT2D eigenvalue weighted by Crippen LogP contribution is 2.19. The first kappa shape index (κ1) is 13.1. The Kier molecular flexibility index (Phi) is 4.05. The van der Waals surface area contributed by atoms with Gasteiger partial charge in [0, 0.05) is 0 Å². The van der Waals surface area contributed by atoms with E-state index < -0.39 is 5.91 Å². The summed E-state index contributed by atoms with van der Waals surface area (Å²) in [4.78, 5) is 11.9. The third kappa shape index (κ3) is 2.92. The monoisotopic (exact) mass is 303 g/mol. The molecule has 18 heavy (non-hydrogen) atoms. The van der Waals surface area contributed by atoms with Gasteiger partial charge in [-0.1, -0.05) is 41.5 Å². The Labute approximate surface area is 116 Å². The number of aryl methyl sites for hydroxylation is 1. The number of carbonyl (C=O) groups is 1. The van der Waals surface area contributed by atoms with E-state index in [1.165, 1.54) is 17.4 Å². The maximum atomic E-state index is 11.9. The lowest BCUT2D eigenvalue weighted by Crippen LogP contribution is -2.13. The van der Waals surface area contributed by atoms with Gasteiger partial charge in [-0.05, 0) is 12.5 Å². The molecule has 0 bridgehead atoms. The molecule has 0 unspecified atom stereocenters. The number of halogens is 2. The molecular formula is C9H7Cl2N5OS. The molecule has 0 atom stereocenters. The molecule has 0 fully saturated rings. The minimum Gasteiger partial charge on any atom is -0.296 e. The molecule has 94 valence electrons. The fourth-order valence-corrected chi connectivity index (χ4v) is 2.12. The topological polar surface area (TPSA) is 80.7 Å². The molecule has 1 N–H and O–H groups in total. The predicted molar refractivity (Wildman–Crippen MR) is 69.3 cm³/mol. The quantitative estimate of drug-likeness (QED) is 0.942. The van der Waals surface area contributed by atoms with Gasteiger partial charge in [-0.2, -0.15) is 0 Å². The minimum atomic E-state index is -0.449. The Balaban J connectivity index is 2.19. The first-order valence-electron chi connectivity index (χ1n) is 4.92. The van der Waals surface area contributed by atoms with Gasteiger partial charge in [0.25, 0.3) is 5.91 Å². The van der Waals surface area contributed by atoms with Crippen LogP contribution in [0.3, 0.4) is 0 Å². The molecule has 6 nitrogen and oxygen atoms in total. The number of hydrogen-bond acceptors (Lipinski definition) is 6. The number of nitrogens with zero attached hydrogens (tertiary/aromatic N) is 4. The third-order valence-corrected chi connectivity index (χ3v) is 3.40. The third-order valence-electron chi connectivity index (χ3n) is 1.95. The maximum absolute atomic E-state index is 11.9. The largest absolute Gasteiger partial charge is 0.296 e. The molecular weight excluding hydrogens is 297 g/mol. The molecule has 0 saturated heterocycles. The van der Waals surface area contributed by atoms with Crippen LogP contribution in [0.4, 0.5) is 5.13 Å². The van der Waals surface area contributed by atoms with E-state index in [0.717, 1.165) is 11.4 Å². The lowest BCUT2D eigenvalue weighted by molar-refractivity contribution is 0.102.